The van der Waals surface area contributed by atoms with Crippen molar-refractivity contribution >= 4 is 28.9 Å². The van der Waals surface area contributed by atoms with Crippen molar-refractivity contribution in [2.24, 2.45) is 5.92 Å². The molecule has 2 aromatic carbocycles. The Morgan fingerprint density at radius 3 is 2.69 bits per heavy atom. The summed E-state index contributed by atoms with van der Waals surface area (Å²) in [6.45, 7) is 7.16. The number of hydrogen-bond donors (Lipinski definition) is 1. The van der Waals surface area contributed by atoms with E-state index in [1.807, 2.05) is 36.4 Å². The molecule has 0 fully saturated rings. The molecule has 1 aliphatic heterocycles. The highest BCUT2D eigenvalue weighted by Gasteiger charge is 2.21. The summed E-state index contributed by atoms with van der Waals surface area (Å²) in [6, 6.07) is 14.1. The first-order chi connectivity index (χ1) is 13.9. The second-order valence-electron chi connectivity index (χ2n) is 8.05. The Hall–Kier alpha value is -2.82. The predicted octanol–water partition coefficient (Wildman–Crippen LogP) is 5.50. The quantitative estimate of drug-likeness (QED) is 0.674. The molecular formula is C24H30N2O3. The van der Waals surface area contributed by atoms with Gasteiger partial charge in [-0.25, -0.2) is 4.79 Å². The molecule has 3 rings (SSSR count). The van der Waals surface area contributed by atoms with Crippen LogP contribution < -0.4 is 10.2 Å². The van der Waals surface area contributed by atoms with Crippen LogP contribution in [0.1, 0.15) is 44.7 Å². The molecule has 0 radical (unpaired) electrons. The van der Waals surface area contributed by atoms with Crippen LogP contribution in [0.5, 0.6) is 0 Å². The first kappa shape index (κ1) is 20.9. The second kappa shape index (κ2) is 9.59. The van der Waals surface area contributed by atoms with Gasteiger partial charge in [-0.1, -0.05) is 32.0 Å². The lowest BCUT2D eigenvalue weighted by molar-refractivity contribution is -0.116. The fourth-order valence-electron chi connectivity index (χ4n) is 3.66. The Balaban J connectivity index is 1.76. The van der Waals surface area contributed by atoms with Crippen molar-refractivity contribution in [1.29, 1.82) is 0 Å². The van der Waals surface area contributed by atoms with Gasteiger partial charge in [0.25, 0.3) is 0 Å². The van der Waals surface area contributed by atoms with E-state index in [1.54, 1.807) is 6.92 Å². The summed E-state index contributed by atoms with van der Waals surface area (Å²) >= 11 is 0. The SMILES string of the molecule is CC(=O)Cc1ccccc1N1CCCc2cc(NC(=O)OCCC(C)C)ccc21. The van der Waals surface area contributed by atoms with Gasteiger partial charge in [0.1, 0.15) is 5.78 Å². The molecule has 0 spiro atoms. The molecule has 5 nitrogen and oxygen atoms in total. The molecule has 2 aromatic rings. The average molecular weight is 395 g/mol. The van der Waals surface area contributed by atoms with Crippen LogP contribution in [0.2, 0.25) is 0 Å². The number of hydrogen-bond acceptors (Lipinski definition) is 4. The minimum absolute atomic E-state index is 0.158. The molecule has 1 heterocycles. The number of Topliss-reactive ketones (excluding diaryl/α,β-unsaturated/α-hetero) is 1. The number of rotatable bonds is 7. The zero-order valence-electron chi connectivity index (χ0n) is 17.5. The van der Waals surface area contributed by atoms with E-state index in [1.165, 1.54) is 5.56 Å². The third-order valence-electron chi connectivity index (χ3n) is 5.09. The van der Waals surface area contributed by atoms with Crippen LogP contribution in [0.15, 0.2) is 42.5 Å². The first-order valence-electron chi connectivity index (χ1n) is 10.4. The Kier molecular flexibility index (Phi) is 6.91. The van der Waals surface area contributed by atoms with Crippen LogP contribution in [-0.4, -0.2) is 25.0 Å². The zero-order valence-corrected chi connectivity index (χ0v) is 17.5. The van der Waals surface area contributed by atoms with Gasteiger partial charge in [-0.3, -0.25) is 10.1 Å². The summed E-state index contributed by atoms with van der Waals surface area (Å²) in [5.74, 6) is 0.661. The topological polar surface area (TPSA) is 58.6 Å². The van der Waals surface area contributed by atoms with Gasteiger partial charge in [0.05, 0.1) is 6.61 Å². The van der Waals surface area contributed by atoms with Gasteiger partial charge in [-0.2, -0.15) is 0 Å². The van der Waals surface area contributed by atoms with Crippen LogP contribution in [0.3, 0.4) is 0 Å². The molecular weight excluding hydrogens is 364 g/mol. The lowest BCUT2D eigenvalue weighted by Crippen LogP contribution is -2.26. The van der Waals surface area contributed by atoms with Crippen molar-refractivity contribution in [2.75, 3.05) is 23.4 Å². The van der Waals surface area contributed by atoms with E-state index < -0.39 is 6.09 Å². The van der Waals surface area contributed by atoms with Crippen molar-refractivity contribution in [3.05, 3.63) is 53.6 Å². The molecule has 1 amide bonds. The van der Waals surface area contributed by atoms with Gasteiger partial charge < -0.3 is 9.64 Å². The van der Waals surface area contributed by atoms with Gasteiger partial charge in [-0.15, -0.1) is 0 Å². The van der Waals surface area contributed by atoms with Crippen LogP contribution in [-0.2, 0) is 22.4 Å². The molecule has 0 unspecified atom stereocenters. The molecule has 154 valence electrons. The summed E-state index contributed by atoms with van der Waals surface area (Å²) < 4.78 is 5.25. The van der Waals surface area contributed by atoms with Gasteiger partial charge in [0.2, 0.25) is 0 Å². The minimum atomic E-state index is -0.412. The number of amides is 1. The fraction of sp³-hybridized carbons (Fsp3) is 0.417. The van der Waals surface area contributed by atoms with E-state index in [2.05, 4.69) is 30.1 Å². The molecule has 0 atom stereocenters. The summed E-state index contributed by atoms with van der Waals surface area (Å²) in [5.41, 5.74) is 5.19. The van der Waals surface area contributed by atoms with Gasteiger partial charge in [-0.05, 0) is 67.5 Å². The Morgan fingerprint density at radius 1 is 1.14 bits per heavy atom. The second-order valence-corrected chi connectivity index (χ2v) is 8.05. The number of anilines is 3. The highest BCUT2D eigenvalue weighted by molar-refractivity contribution is 5.86. The number of aryl methyl sites for hydroxylation is 1. The molecule has 0 saturated carbocycles. The first-order valence-corrected chi connectivity index (χ1v) is 10.4. The summed E-state index contributed by atoms with van der Waals surface area (Å²) in [5, 5.41) is 2.83. The number of ether oxygens (including phenoxy) is 1. The third-order valence-corrected chi connectivity index (χ3v) is 5.09. The lowest BCUT2D eigenvalue weighted by Gasteiger charge is -2.33. The number of para-hydroxylation sites is 1. The molecule has 5 heteroatoms. The number of fused-ring (bicyclic) bond motifs is 1. The van der Waals surface area contributed by atoms with E-state index in [0.29, 0.717) is 18.9 Å². The standard InChI is InChI=1S/C24H30N2O3/c1-17(2)12-14-29-24(28)25-21-10-11-23-20(16-21)8-6-13-26(23)22-9-5-4-7-19(22)15-18(3)27/h4-5,7,9-11,16-17H,6,8,12-15H2,1-3H3,(H,25,28). The largest absolute Gasteiger partial charge is 0.449 e. The average Bonchev–Trinajstić information content (AvgIpc) is 2.67. The fourth-order valence-corrected chi connectivity index (χ4v) is 3.66. The number of ketones is 1. The number of carbonyl (C=O) groups excluding carboxylic acids is 2. The maximum Gasteiger partial charge on any atom is 0.411 e. The molecule has 0 aliphatic carbocycles. The van der Waals surface area contributed by atoms with E-state index in [0.717, 1.165) is 48.4 Å². The number of nitrogens with zero attached hydrogens (tertiary/aromatic N) is 1. The van der Waals surface area contributed by atoms with Crippen molar-refractivity contribution in [3.63, 3.8) is 0 Å². The van der Waals surface area contributed by atoms with E-state index in [4.69, 9.17) is 4.74 Å². The molecule has 0 bridgehead atoms. The normalized spacial score (nSPS) is 13.2. The molecule has 1 N–H and O–H groups in total. The molecule has 29 heavy (non-hydrogen) atoms. The maximum absolute atomic E-state index is 12.0. The van der Waals surface area contributed by atoms with Crippen molar-refractivity contribution in [1.82, 2.24) is 0 Å². The van der Waals surface area contributed by atoms with Crippen LogP contribution in [0, 0.1) is 5.92 Å². The predicted molar refractivity (Wildman–Crippen MR) is 117 cm³/mol. The van der Waals surface area contributed by atoms with Crippen molar-refractivity contribution < 1.29 is 14.3 Å². The summed E-state index contributed by atoms with van der Waals surface area (Å²) in [6.07, 6.45) is 2.85. The van der Waals surface area contributed by atoms with Gasteiger partial charge in [0, 0.05) is 30.0 Å². The van der Waals surface area contributed by atoms with Crippen molar-refractivity contribution in [3.8, 4) is 0 Å². The number of nitrogens with one attached hydrogen (secondary N) is 1. The van der Waals surface area contributed by atoms with Gasteiger partial charge >= 0.3 is 6.09 Å². The highest BCUT2D eigenvalue weighted by atomic mass is 16.5. The van der Waals surface area contributed by atoms with Crippen molar-refractivity contribution in [2.45, 2.75) is 46.5 Å². The lowest BCUT2D eigenvalue weighted by atomic mass is 9.98. The number of benzene rings is 2. The minimum Gasteiger partial charge on any atom is -0.449 e. The zero-order chi connectivity index (χ0) is 20.8. The smallest absolute Gasteiger partial charge is 0.411 e. The molecule has 0 saturated heterocycles. The Labute approximate surface area is 173 Å². The van der Waals surface area contributed by atoms with Crippen LogP contribution >= 0.6 is 0 Å². The maximum atomic E-state index is 12.0. The van der Waals surface area contributed by atoms with Crippen LogP contribution in [0.25, 0.3) is 0 Å². The van der Waals surface area contributed by atoms with E-state index in [-0.39, 0.29) is 5.78 Å². The van der Waals surface area contributed by atoms with E-state index >= 15 is 0 Å². The van der Waals surface area contributed by atoms with Crippen LogP contribution in [0.4, 0.5) is 21.9 Å². The Bertz CT molecular complexity index is 876. The van der Waals surface area contributed by atoms with E-state index in [9.17, 15) is 9.59 Å². The monoisotopic (exact) mass is 394 g/mol. The number of carbonyl (C=O) groups is 2. The van der Waals surface area contributed by atoms with Gasteiger partial charge in [0.15, 0.2) is 0 Å². The molecule has 0 aromatic heterocycles. The summed E-state index contributed by atoms with van der Waals surface area (Å²) in [7, 11) is 0. The Morgan fingerprint density at radius 2 is 1.93 bits per heavy atom. The summed E-state index contributed by atoms with van der Waals surface area (Å²) in [4.78, 5) is 26.0. The third kappa shape index (κ3) is 5.59. The highest BCUT2D eigenvalue weighted by Crippen LogP contribution is 2.36. The molecule has 1 aliphatic rings.